The molecule has 0 saturated heterocycles. The molecule has 1 amide bonds. The van der Waals surface area contributed by atoms with Crippen molar-refractivity contribution in [3.63, 3.8) is 0 Å². The Balaban J connectivity index is 2.59. The van der Waals surface area contributed by atoms with E-state index in [0.29, 0.717) is 0 Å². The van der Waals surface area contributed by atoms with E-state index in [-0.39, 0.29) is 18.9 Å². The smallest absolute Gasteiger partial charge is 0.407 e. The van der Waals surface area contributed by atoms with Crippen LogP contribution in [0.3, 0.4) is 0 Å². The van der Waals surface area contributed by atoms with Crippen molar-refractivity contribution in [2.24, 2.45) is 0 Å². The molecule has 1 aromatic rings. The maximum Gasteiger partial charge on any atom is 0.407 e. The van der Waals surface area contributed by atoms with Crippen molar-refractivity contribution in [2.75, 3.05) is 13.2 Å². The van der Waals surface area contributed by atoms with Gasteiger partial charge in [-0.25, -0.2) is 13.6 Å². The van der Waals surface area contributed by atoms with Gasteiger partial charge in [-0.15, -0.1) is 0 Å². The fraction of sp³-hybridized carbons (Fsp3) is 0.462. The summed E-state index contributed by atoms with van der Waals surface area (Å²) < 4.78 is 31.0. The molecule has 1 rings (SSSR count). The van der Waals surface area contributed by atoms with Crippen molar-refractivity contribution < 1.29 is 23.4 Å². The average molecular weight is 273 g/mol. The number of rotatable bonds is 4. The van der Waals surface area contributed by atoms with Gasteiger partial charge >= 0.3 is 6.09 Å². The minimum atomic E-state index is -1.07. The Morgan fingerprint density at radius 1 is 1.26 bits per heavy atom. The van der Waals surface area contributed by atoms with E-state index in [4.69, 9.17) is 9.84 Å². The molecule has 0 aromatic heterocycles. The second-order valence-electron chi connectivity index (χ2n) is 5.06. The van der Waals surface area contributed by atoms with Crippen LogP contribution in [-0.4, -0.2) is 34.8 Å². The highest BCUT2D eigenvalue weighted by atomic mass is 19.1. The highest BCUT2D eigenvalue weighted by Crippen LogP contribution is 2.16. The van der Waals surface area contributed by atoms with Crippen LogP contribution < -0.4 is 4.74 Å². The lowest BCUT2D eigenvalue weighted by atomic mass is 10.1. The summed E-state index contributed by atoms with van der Waals surface area (Å²) in [6.07, 6.45) is -1.07. The molecule has 0 saturated carbocycles. The number of benzene rings is 1. The SMILES string of the molecule is CC(C)(C)N(CCOc1cc(F)cc(F)c1)C(=O)O. The molecule has 0 aliphatic carbocycles. The fourth-order valence-corrected chi connectivity index (χ4v) is 1.58. The van der Waals surface area contributed by atoms with E-state index in [1.165, 1.54) is 4.90 Å². The Labute approximate surface area is 110 Å². The molecule has 0 atom stereocenters. The monoisotopic (exact) mass is 273 g/mol. The van der Waals surface area contributed by atoms with Gasteiger partial charge in [-0.2, -0.15) is 0 Å². The molecule has 1 aromatic carbocycles. The van der Waals surface area contributed by atoms with E-state index in [9.17, 15) is 13.6 Å². The Kier molecular flexibility index (Phi) is 4.69. The summed E-state index contributed by atoms with van der Waals surface area (Å²) >= 11 is 0. The van der Waals surface area contributed by atoms with Crippen molar-refractivity contribution in [2.45, 2.75) is 26.3 Å². The Morgan fingerprint density at radius 3 is 2.21 bits per heavy atom. The number of halogens is 2. The lowest BCUT2D eigenvalue weighted by Crippen LogP contribution is -2.46. The Hall–Kier alpha value is -1.85. The largest absolute Gasteiger partial charge is 0.492 e. The van der Waals surface area contributed by atoms with Crippen molar-refractivity contribution in [1.82, 2.24) is 4.90 Å². The van der Waals surface area contributed by atoms with Gasteiger partial charge in [0.2, 0.25) is 0 Å². The van der Waals surface area contributed by atoms with Crippen LogP contribution in [0.15, 0.2) is 18.2 Å². The first-order valence-electron chi connectivity index (χ1n) is 5.79. The van der Waals surface area contributed by atoms with Crippen LogP contribution in [0.2, 0.25) is 0 Å². The highest BCUT2D eigenvalue weighted by molar-refractivity contribution is 5.65. The van der Waals surface area contributed by atoms with Crippen molar-refractivity contribution >= 4 is 6.09 Å². The van der Waals surface area contributed by atoms with Gasteiger partial charge in [0.05, 0.1) is 6.54 Å². The molecule has 6 heteroatoms. The van der Waals surface area contributed by atoms with Crippen LogP contribution >= 0.6 is 0 Å². The van der Waals surface area contributed by atoms with Crippen molar-refractivity contribution in [3.05, 3.63) is 29.8 Å². The van der Waals surface area contributed by atoms with E-state index in [1.807, 2.05) is 0 Å². The molecule has 0 radical (unpaired) electrons. The minimum Gasteiger partial charge on any atom is -0.492 e. The summed E-state index contributed by atoms with van der Waals surface area (Å²) in [4.78, 5) is 12.2. The first-order chi connectivity index (χ1) is 8.70. The van der Waals surface area contributed by atoms with Crippen LogP contribution in [-0.2, 0) is 0 Å². The number of hydrogen-bond donors (Lipinski definition) is 1. The predicted octanol–water partition coefficient (Wildman–Crippen LogP) is 3.12. The zero-order valence-electron chi connectivity index (χ0n) is 11.1. The van der Waals surface area contributed by atoms with Gasteiger partial charge in [-0.1, -0.05) is 0 Å². The number of nitrogens with zero attached hydrogens (tertiary/aromatic N) is 1. The summed E-state index contributed by atoms with van der Waals surface area (Å²) in [7, 11) is 0. The molecule has 0 heterocycles. The predicted molar refractivity (Wildman–Crippen MR) is 66.3 cm³/mol. The van der Waals surface area contributed by atoms with Crippen LogP contribution in [0.5, 0.6) is 5.75 Å². The van der Waals surface area contributed by atoms with Crippen LogP contribution in [0.1, 0.15) is 20.8 Å². The van der Waals surface area contributed by atoms with Crippen LogP contribution in [0, 0.1) is 11.6 Å². The quantitative estimate of drug-likeness (QED) is 0.917. The summed E-state index contributed by atoms with van der Waals surface area (Å²) in [5, 5.41) is 9.04. The molecule has 0 spiro atoms. The third-order valence-electron chi connectivity index (χ3n) is 2.46. The lowest BCUT2D eigenvalue weighted by Gasteiger charge is -2.32. The van der Waals surface area contributed by atoms with E-state index < -0.39 is 23.3 Å². The molecule has 0 aliphatic rings. The topological polar surface area (TPSA) is 49.8 Å². The maximum absolute atomic E-state index is 12.9. The lowest BCUT2D eigenvalue weighted by molar-refractivity contribution is 0.0891. The van der Waals surface area contributed by atoms with Gasteiger partial charge in [0.25, 0.3) is 0 Å². The Bertz CT molecular complexity index is 437. The van der Waals surface area contributed by atoms with Gasteiger partial charge in [0.1, 0.15) is 24.0 Å². The molecule has 0 fully saturated rings. The number of amides is 1. The molecule has 0 aliphatic heterocycles. The molecule has 1 N–H and O–H groups in total. The zero-order chi connectivity index (χ0) is 14.6. The zero-order valence-corrected chi connectivity index (χ0v) is 11.1. The van der Waals surface area contributed by atoms with E-state index in [2.05, 4.69) is 0 Å². The highest BCUT2D eigenvalue weighted by Gasteiger charge is 2.25. The van der Waals surface area contributed by atoms with E-state index >= 15 is 0 Å². The molecule has 106 valence electrons. The fourth-order valence-electron chi connectivity index (χ4n) is 1.58. The van der Waals surface area contributed by atoms with E-state index in [1.54, 1.807) is 20.8 Å². The molecule has 0 unspecified atom stereocenters. The van der Waals surface area contributed by atoms with Crippen LogP contribution in [0.4, 0.5) is 13.6 Å². The molecule has 4 nitrogen and oxygen atoms in total. The van der Waals surface area contributed by atoms with Gasteiger partial charge in [0.15, 0.2) is 0 Å². The molecule has 19 heavy (non-hydrogen) atoms. The van der Waals surface area contributed by atoms with Crippen molar-refractivity contribution in [1.29, 1.82) is 0 Å². The Morgan fingerprint density at radius 2 is 1.79 bits per heavy atom. The second kappa shape index (κ2) is 5.86. The van der Waals surface area contributed by atoms with Gasteiger partial charge in [-0.3, -0.25) is 0 Å². The normalized spacial score (nSPS) is 11.2. The maximum atomic E-state index is 12.9. The first kappa shape index (κ1) is 15.2. The first-order valence-corrected chi connectivity index (χ1v) is 5.79. The third kappa shape index (κ3) is 4.73. The number of carbonyl (C=O) groups is 1. The second-order valence-corrected chi connectivity index (χ2v) is 5.06. The van der Waals surface area contributed by atoms with Gasteiger partial charge < -0.3 is 14.7 Å². The summed E-state index contributed by atoms with van der Waals surface area (Å²) in [6, 6.07) is 2.84. The summed E-state index contributed by atoms with van der Waals surface area (Å²) in [6.45, 7) is 5.39. The van der Waals surface area contributed by atoms with Gasteiger partial charge in [0, 0.05) is 23.7 Å². The summed E-state index contributed by atoms with van der Waals surface area (Å²) in [5.74, 6) is -1.43. The van der Waals surface area contributed by atoms with Gasteiger partial charge in [-0.05, 0) is 20.8 Å². The van der Waals surface area contributed by atoms with E-state index in [0.717, 1.165) is 18.2 Å². The molecular formula is C13H17F2NO3. The minimum absolute atomic E-state index is 0.0203. The van der Waals surface area contributed by atoms with Crippen molar-refractivity contribution in [3.8, 4) is 5.75 Å². The van der Waals surface area contributed by atoms with Crippen LogP contribution in [0.25, 0.3) is 0 Å². The third-order valence-corrected chi connectivity index (χ3v) is 2.46. The molecule has 0 bridgehead atoms. The number of ether oxygens (including phenoxy) is 1. The number of carboxylic acid groups (broad SMARTS) is 1. The standard InChI is InChI=1S/C13H17F2NO3/c1-13(2,3)16(12(17)18)4-5-19-11-7-9(14)6-10(15)8-11/h6-8H,4-5H2,1-3H3,(H,17,18). The molecular weight excluding hydrogens is 256 g/mol. The average Bonchev–Trinajstić information content (AvgIpc) is 2.20. The number of hydrogen-bond acceptors (Lipinski definition) is 2. The summed E-state index contributed by atoms with van der Waals surface area (Å²) in [5.41, 5.74) is -0.567.